The summed E-state index contributed by atoms with van der Waals surface area (Å²) in [6, 6.07) is 14.1. The predicted molar refractivity (Wildman–Crippen MR) is 126 cm³/mol. The number of ether oxygens (including phenoxy) is 1. The second-order valence-electron chi connectivity index (χ2n) is 9.47. The molecule has 2 aromatic heterocycles. The highest BCUT2D eigenvalue weighted by atomic mass is 16.6. The molecule has 170 valence electrons. The second kappa shape index (κ2) is 8.46. The van der Waals surface area contributed by atoms with Crippen molar-refractivity contribution in [3.63, 3.8) is 0 Å². The number of carbonyl (C=O) groups is 1. The molecule has 2 N–H and O–H groups in total. The highest BCUT2D eigenvalue weighted by Crippen LogP contribution is 2.46. The fraction of sp³-hybridized carbons (Fsp3) is 0.385. The summed E-state index contributed by atoms with van der Waals surface area (Å²) in [5, 5.41) is 0. The van der Waals surface area contributed by atoms with Crippen molar-refractivity contribution in [2.24, 2.45) is 0 Å². The second-order valence-corrected chi connectivity index (χ2v) is 9.47. The minimum atomic E-state index is -0.569. The first-order chi connectivity index (χ1) is 15.9. The van der Waals surface area contributed by atoms with Gasteiger partial charge in [0.2, 0.25) is 0 Å². The molecule has 5 rings (SSSR count). The number of pyridine rings is 1. The number of cyclic esters (lactones) is 1. The van der Waals surface area contributed by atoms with Gasteiger partial charge in [0.25, 0.3) is 0 Å². The molecule has 1 aliphatic heterocycles. The average Bonchev–Trinajstić information content (AvgIpc) is 3.08. The van der Waals surface area contributed by atoms with E-state index in [-0.39, 0.29) is 18.2 Å². The Bertz CT molecular complexity index is 1130. The maximum atomic E-state index is 12.9. The van der Waals surface area contributed by atoms with Crippen molar-refractivity contribution in [1.82, 2.24) is 19.9 Å². The van der Waals surface area contributed by atoms with Gasteiger partial charge in [-0.25, -0.2) is 19.7 Å². The van der Waals surface area contributed by atoms with Crippen LogP contribution in [0.25, 0.3) is 11.4 Å². The Kier molecular flexibility index (Phi) is 5.48. The molecule has 0 bridgehead atoms. The van der Waals surface area contributed by atoms with Crippen LogP contribution in [0.2, 0.25) is 0 Å². The standard InChI is InChI=1S/C26H29N5O2/c1-26(2)22(18-7-4-3-5-8-18)31(25(32)33-26)20-11-9-17(10-12-20)19-15-21(23(27)30-16-19)24-28-13-6-14-29-24/h3-8,13-17,20,22H,9-12H2,1-2H3,(H2,27,30)/t17-,20-,22?. The lowest BCUT2D eigenvalue weighted by molar-refractivity contribution is 0.0664. The molecule has 7 nitrogen and oxygen atoms in total. The van der Waals surface area contributed by atoms with Crippen LogP contribution in [-0.4, -0.2) is 37.6 Å². The lowest BCUT2D eigenvalue weighted by Crippen LogP contribution is -2.42. The van der Waals surface area contributed by atoms with Crippen molar-refractivity contribution < 1.29 is 9.53 Å². The number of anilines is 1. The summed E-state index contributed by atoms with van der Waals surface area (Å²) in [7, 11) is 0. The highest BCUT2D eigenvalue weighted by Gasteiger charge is 2.51. The maximum Gasteiger partial charge on any atom is 0.411 e. The van der Waals surface area contributed by atoms with E-state index >= 15 is 0 Å². The Morgan fingerprint density at radius 2 is 1.67 bits per heavy atom. The molecule has 33 heavy (non-hydrogen) atoms. The van der Waals surface area contributed by atoms with Gasteiger partial charge >= 0.3 is 6.09 Å². The number of hydrogen-bond donors (Lipinski definition) is 1. The number of carbonyl (C=O) groups excluding carboxylic acids is 1. The zero-order chi connectivity index (χ0) is 23.0. The molecule has 1 aliphatic carbocycles. The third-order valence-electron chi connectivity index (χ3n) is 6.92. The van der Waals surface area contributed by atoms with Crippen molar-refractivity contribution in [3.05, 3.63) is 72.2 Å². The first-order valence-electron chi connectivity index (χ1n) is 11.5. The Morgan fingerprint density at radius 3 is 2.36 bits per heavy atom. The molecular weight excluding hydrogens is 414 g/mol. The van der Waals surface area contributed by atoms with Gasteiger partial charge in [0.1, 0.15) is 11.4 Å². The van der Waals surface area contributed by atoms with E-state index in [1.807, 2.05) is 43.1 Å². The number of aromatic nitrogens is 3. The third kappa shape index (κ3) is 4.03. The van der Waals surface area contributed by atoms with E-state index in [0.717, 1.165) is 42.4 Å². The first-order valence-corrected chi connectivity index (χ1v) is 11.5. The van der Waals surface area contributed by atoms with Gasteiger partial charge in [-0.15, -0.1) is 0 Å². The van der Waals surface area contributed by atoms with Crippen LogP contribution in [0.15, 0.2) is 61.1 Å². The summed E-state index contributed by atoms with van der Waals surface area (Å²) in [4.78, 5) is 28.0. The van der Waals surface area contributed by atoms with Gasteiger partial charge in [-0.1, -0.05) is 30.3 Å². The van der Waals surface area contributed by atoms with E-state index in [9.17, 15) is 4.79 Å². The Hall–Kier alpha value is -3.48. The van der Waals surface area contributed by atoms with Crippen molar-refractivity contribution in [2.75, 3.05) is 5.73 Å². The summed E-state index contributed by atoms with van der Waals surface area (Å²) in [6.45, 7) is 4.00. The Balaban J connectivity index is 1.35. The normalized spacial score (nSPS) is 24.5. The first kappa shape index (κ1) is 21.4. The molecule has 1 unspecified atom stereocenters. The molecule has 2 aliphatic rings. The summed E-state index contributed by atoms with van der Waals surface area (Å²) in [5.74, 6) is 1.38. The Morgan fingerprint density at radius 1 is 0.970 bits per heavy atom. The predicted octanol–water partition coefficient (Wildman–Crippen LogP) is 5.12. The molecule has 1 aromatic carbocycles. The van der Waals surface area contributed by atoms with Crippen molar-refractivity contribution in [2.45, 2.75) is 63.1 Å². The molecular formula is C26H29N5O2. The van der Waals surface area contributed by atoms with Crippen LogP contribution >= 0.6 is 0 Å². The molecule has 2 fully saturated rings. The van der Waals surface area contributed by atoms with Gasteiger partial charge in [0.05, 0.1) is 11.6 Å². The Labute approximate surface area is 194 Å². The maximum absolute atomic E-state index is 12.9. The summed E-state index contributed by atoms with van der Waals surface area (Å²) < 4.78 is 5.82. The van der Waals surface area contributed by atoms with Gasteiger partial charge in [-0.05, 0) is 68.7 Å². The molecule has 1 saturated heterocycles. The number of nitrogens with two attached hydrogens (primary N) is 1. The zero-order valence-corrected chi connectivity index (χ0v) is 19.0. The van der Waals surface area contributed by atoms with Crippen LogP contribution in [0, 0.1) is 0 Å². The van der Waals surface area contributed by atoms with E-state index in [1.54, 1.807) is 18.5 Å². The van der Waals surface area contributed by atoms with Gasteiger partial charge in [0, 0.05) is 24.6 Å². The van der Waals surface area contributed by atoms with Crippen molar-refractivity contribution >= 4 is 11.9 Å². The van der Waals surface area contributed by atoms with Crippen LogP contribution in [0.3, 0.4) is 0 Å². The van der Waals surface area contributed by atoms with Crippen LogP contribution in [0.1, 0.15) is 62.6 Å². The quantitative estimate of drug-likeness (QED) is 0.601. The number of nitrogens with zero attached hydrogens (tertiary/aromatic N) is 4. The summed E-state index contributed by atoms with van der Waals surface area (Å²) >= 11 is 0. The van der Waals surface area contributed by atoms with Crippen LogP contribution < -0.4 is 5.73 Å². The van der Waals surface area contributed by atoms with Gasteiger partial charge in [-0.2, -0.15) is 0 Å². The van der Waals surface area contributed by atoms with E-state index in [1.165, 1.54) is 0 Å². The molecule has 0 radical (unpaired) electrons. The number of benzene rings is 1. The molecule has 3 heterocycles. The van der Waals surface area contributed by atoms with E-state index < -0.39 is 5.60 Å². The number of amides is 1. The zero-order valence-electron chi connectivity index (χ0n) is 19.0. The van der Waals surface area contributed by atoms with Gasteiger partial charge in [-0.3, -0.25) is 4.90 Å². The smallest absolute Gasteiger partial charge is 0.411 e. The minimum absolute atomic E-state index is 0.0900. The topological polar surface area (TPSA) is 94.2 Å². The van der Waals surface area contributed by atoms with Crippen molar-refractivity contribution in [1.29, 1.82) is 0 Å². The molecule has 7 heteroatoms. The fourth-order valence-corrected chi connectivity index (χ4v) is 5.35. The molecule has 0 spiro atoms. The van der Waals surface area contributed by atoms with E-state index in [0.29, 0.717) is 17.6 Å². The minimum Gasteiger partial charge on any atom is -0.441 e. The number of hydrogen-bond acceptors (Lipinski definition) is 6. The van der Waals surface area contributed by atoms with E-state index in [4.69, 9.17) is 10.5 Å². The summed E-state index contributed by atoms with van der Waals surface area (Å²) in [5.41, 5.74) is 8.58. The summed E-state index contributed by atoms with van der Waals surface area (Å²) in [6.07, 6.45) is 8.84. The lowest BCUT2D eigenvalue weighted by atomic mass is 9.80. The average molecular weight is 444 g/mol. The molecule has 1 saturated carbocycles. The highest BCUT2D eigenvalue weighted by molar-refractivity contribution is 5.72. The monoisotopic (exact) mass is 443 g/mol. The third-order valence-corrected chi connectivity index (χ3v) is 6.92. The number of rotatable bonds is 4. The van der Waals surface area contributed by atoms with Crippen molar-refractivity contribution in [3.8, 4) is 11.4 Å². The fourth-order valence-electron chi connectivity index (χ4n) is 5.35. The van der Waals surface area contributed by atoms with Gasteiger partial charge in [0.15, 0.2) is 5.82 Å². The van der Waals surface area contributed by atoms with E-state index in [2.05, 4.69) is 33.2 Å². The van der Waals surface area contributed by atoms with Gasteiger partial charge < -0.3 is 10.5 Å². The van der Waals surface area contributed by atoms with Crippen LogP contribution in [-0.2, 0) is 4.74 Å². The molecule has 1 atom stereocenters. The largest absolute Gasteiger partial charge is 0.441 e. The SMILES string of the molecule is CC1(C)OC(=O)N([C@H]2CC[C@H](c3cnc(N)c(-c4ncccn4)c3)CC2)C1c1ccccc1. The number of nitrogen functional groups attached to an aromatic ring is 1. The molecule has 1 amide bonds. The molecule has 3 aromatic rings. The van der Waals surface area contributed by atoms with Crippen LogP contribution in [0.5, 0.6) is 0 Å². The lowest BCUT2D eigenvalue weighted by Gasteiger charge is -2.38. The van der Waals surface area contributed by atoms with Crippen LogP contribution in [0.4, 0.5) is 10.6 Å².